The lowest BCUT2D eigenvalue weighted by Gasteiger charge is -2.32. The van der Waals surface area contributed by atoms with E-state index in [-0.39, 0.29) is 6.04 Å². The van der Waals surface area contributed by atoms with Crippen molar-refractivity contribution in [3.05, 3.63) is 35.4 Å². The van der Waals surface area contributed by atoms with Gasteiger partial charge >= 0.3 is 5.97 Å². The maximum Gasteiger partial charge on any atom is 0.321 e. The fourth-order valence-electron chi connectivity index (χ4n) is 2.67. The molecule has 0 amide bonds. The number of carboxylic acids is 1. The Labute approximate surface area is 108 Å². The van der Waals surface area contributed by atoms with Crippen molar-refractivity contribution in [3.63, 3.8) is 0 Å². The normalized spacial score (nSPS) is 18.5. The Morgan fingerprint density at radius 1 is 1.33 bits per heavy atom. The molecule has 0 spiro atoms. The standard InChI is InChI=1S/C15H21NO2/c1-12-6-5-7-13(10-12)11-14(15(17)18)16-8-3-2-4-9-16/h5-7,10,14H,2-4,8-9,11H2,1H3,(H,17,18). The molecule has 1 aromatic carbocycles. The van der Waals surface area contributed by atoms with E-state index >= 15 is 0 Å². The van der Waals surface area contributed by atoms with Crippen LogP contribution in [0.3, 0.4) is 0 Å². The predicted molar refractivity (Wildman–Crippen MR) is 71.7 cm³/mol. The number of likely N-dealkylation sites (tertiary alicyclic amines) is 1. The van der Waals surface area contributed by atoms with Gasteiger partial charge in [0.1, 0.15) is 6.04 Å². The predicted octanol–water partition coefficient (Wildman–Crippen LogP) is 2.48. The largest absolute Gasteiger partial charge is 0.480 e. The molecule has 0 saturated carbocycles. The lowest BCUT2D eigenvalue weighted by molar-refractivity contribution is -0.143. The molecule has 1 aliphatic rings. The van der Waals surface area contributed by atoms with Crippen LogP contribution in [0.1, 0.15) is 30.4 Å². The van der Waals surface area contributed by atoms with E-state index in [1.165, 1.54) is 12.0 Å². The molecule has 1 N–H and O–H groups in total. The van der Waals surface area contributed by atoms with Crippen LogP contribution in [0.4, 0.5) is 0 Å². The molecule has 18 heavy (non-hydrogen) atoms. The average Bonchev–Trinajstić information content (AvgIpc) is 2.37. The van der Waals surface area contributed by atoms with Crippen LogP contribution < -0.4 is 0 Å². The van der Waals surface area contributed by atoms with Crippen LogP contribution in [0.25, 0.3) is 0 Å². The van der Waals surface area contributed by atoms with Gasteiger partial charge in [0.15, 0.2) is 0 Å². The molecule has 1 saturated heterocycles. The van der Waals surface area contributed by atoms with Crippen molar-refractivity contribution >= 4 is 5.97 Å². The lowest BCUT2D eigenvalue weighted by atomic mass is 10.0. The maximum atomic E-state index is 11.4. The molecule has 1 unspecified atom stereocenters. The molecular formula is C15H21NO2. The minimum absolute atomic E-state index is 0.368. The first-order valence-electron chi connectivity index (χ1n) is 6.69. The number of aryl methyl sites for hydroxylation is 1. The number of carbonyl (C=O) groups is 1. The van der Waals surface area contributed by atoms with Crippen molar-refractivity contribution in [1.29, 1.82) is 0 Å². The highest BCUT2D eigenvalue weighted by Crippen LogP contribution is 2.16. The van der Waals surface area contributed by atoms with E-state index in [1.807, 2.05) is 25.1 Å². The summed E-state index contributed by atoms with van der Waals surface area (Å²) < 4.78 is 0. The van der Waals surface area contributed by atoms with Gasteiger partial charge in [0, 0.05) is 0 Å². The Kier molecular flexibility index (Phi) is 4.37. The van der Waals surface area contributed by atoms with Gasteiger partial charge in [-0.05, 0) is 44.8 Å². The monoisotopic (exact) mass is 247 g/mol. The van der Waals surface area contributed by atoms with Crippen LogP contribution in [0.5, 0.6) is 0 Å². The second-order valence-electron chi connectivity index (χ2n) is 5.14. The second kappa shape index (κ2) is 6.01. The molecule has 3 nitrogen and oxygen atoms in total. The van der Waals surface area contributed by atoms with Crippen LogP contribution in [0, 0.1) is 6.92 Å². The zero-order valence-electron chi connectivity index (χ0n) is 10.9. The summed E-state index contributed by atoms with van der Waals surface area (Å²) in [7, 11) is 0. The topological polar surface area (TPSA) is 40.5 Å². The van der Waals surface area contributed by atoms with Crippen molar-refractivity contribution in [2.75, 3.05) is 13.1 Å². The molecule has 98 valence electrons. The first-order chi connectivity index (χ1) is 8.66. The van der Waals surface area contributed by atoms with Crippen molar-refractivity contribution in [1.82, 2.24) is 4.90 Å². The lowest BCUT2D eigenvalue weighted by Crippen LogP contribution is -2.45. The summed E-state index contributed by atoms with van der Waals surface area (Å²) in [6.07, 6.45) is 4.08. The SMILES string of the molecule is Cc1cccc(CC(C(=O)O)N2CCCCC2)c1. The summed E-state index contributed by atoms with van der Waals surface area (Å²) in [6, 6.07) is 7.78. The fraction of sp³-hybridized carbons (Fsp3) is 0.533. The van der Waals surface area contributed by atoms with Gasteiger partial charge in [0.05, 0.1) is 0 Å². The van der Waals surface area contributed by atoms with Crippen LogP contribution in [0.15, 0.2) is 24.3 Å². The first kappa shape index (κ1) is 13.1. The molecule has 1 aliphatic heterocycles. The Hall–Kier alpha value is -1.35. The summed E-state index contributed by atoms with van der Waals surface area (Å²) >= 11 is 0. The third-order valence-electron chi connectivity index (χ3n) is 3.63. The van der Waals surface area contributed by atoms with Crippen LogP contribution in [-0.4, -0.2) is 35.1 Å². The smallest absolute Gasteiger partial charge is 0.321 e. The van der Waals surface area contributed by atoms with E-state index < -0.39 is 5.97 Å². The molecule has 1 fully saturated rings. The van der Waals surface area contributed by atoms with Crippen molar-refractivity contribution in [2.45, 2.75) is 38.6 Å². The molecule has 3 heteroatoms. The average molecular weight is 247 g/mol. The molecule has 2 rings (SSSR count). The molecule has 1 aromatic rings. The zero-order valence-corrected chi connectivity index (χ0v) is 10.9. The van der Waals surface area contributed by atoms with E-state index in [4.69, 9.17) is 0 Å². The fourth-order valence-corrected chi connectivity index (χ4v) is 2.67. The molecule has 1 atom stereocenters. The number of rotatable bonds is 4. The van der Waals surface area contributed by atoms with Crippen molar-refractivity contribution < 1.29 is 9.90 Å². The number of nitrogens with zero attached hydrogens (tertiary/aromatic N) is 1. The van der Waals surface area contributed by atoms with Crippen molar-refractivity contribution in [3.8, 4) is 0 Å². The maximum absolute atomic E-state index is 11.4. The molecule has 0 radical (unpaired) electrons. The van der Waals surface area contributed by atoms with Gasteiger partial charge in [0.25, 0.3) is 0 Å². The first-order valence-corrected chi connectivity index (χ1v) is 6.69. The van der Waals surface area contributed by atoms with Gasteiger partial charge in [-0.2, -0.15) is 0 Å². The van der Waals surface area contributed by atoms with E-state index in [9.17, 15) is 9.90 Å². The molecule has 0 bridgehead atoms. The van der Waals surface area contributed by atoms with E-state index in [1.54, 1.807) is 0 Å². The van der Waals surface area contributed by atoms with E-state index in [0.29, 0.717) is 6.42 Å². The number of benzene rings is 1. The molecule has 0 aliphatic carbocycles. The minimum atomic E-state index is -0.696. The Morgan fingerprint density at radius 3 is 2.67 bits per heavy atom. The van der Waals surface area contributed by atoms with E-state index in [2.05, 4.69) is 11.0 Å². The van der Waals surface area contributed by atoms with Crippen LogP contribution in [0.2, 0.25) is 0 Å². The Balaban J connectivity index is 2.08. The van der Waals surface area contributed by atoms with Gasteiger partial charge in [-0.1, -0.05) is 36.2 Å². The van der Waals surface area contributed by atoms with Crippen LogP contribution in [-0.2, 0) is 11.2 Å². The Morgan fingerprint density at radius 2 is 2.06 bits per heavy atom. The quantitative estimate of drug-likeness (QED) is 0.888. The highest BCUT2D eigenvalue weighted by Gasteiger charge is 2.26. The number of hydrogen-bond donors (Lipinski definition) is 1. The number of carboxylic acid groups (broad SMARTS) is 1. The van der Waals surface area contributed by atoms with Gasteiger partial charge in [0.2, 0.25) is 0 Å². The van der Waals surface area contributed by atoms with E-state index in [0.717, 1.165) is 31.5 Å². The third-order valence-corrected chi connectivity index (χ3v) is 3.63. The number of piperidine rings is 1. The van der Waals surface area contributed by atoms with Gasteiger partial charge in [-0.25, -0.2) is 0 Å². The van der Waals surface area contributed by atoms with Gasteiger partial charge < -0.3 is 5.11 Å². The Bertz CT molecular complexity index is 411. The van der Waals surface area contributed by atoms with Crippen LogP contribution >= 0.6 is 0 Å². The van der Waals surface area contributed by atoms with Crippen molar-refractivity contribution in [2.24, 2.45) is 0 Å². The van der Waals surface area contributed by atoms with Gasteiger partial charge in [-0.3, -0.25) is 9.69 Å². The zero-order chi connectivity index (χ0) is 13.0. The minimum Gasteiger partial charge on any atom is -0.480 e. The third kappa shape index (κ3) is 3.33. The van der Waals surface area contributed by atoms with Gasteiger partial charge in [-0.15, -0.1) is 0 Å². The summed E-state index contributed by atoms with van der Waals surface area (Å²) in [5.74, 6) is -0.696. The summed E-state index contributed by atoms with van der Waals surface area (Å²) in [4.78, 5) is 13.6. The highest BCUT2D eigenvalue weighted by molar-refractivity contribution is 5.74. The summed E-state index contributed by atoms with van der Waals surface area (Å²) in [6.45, 7) is 3.88. The molecular weight excluding hydrogens is 226 g/mol. The molecule has 0 aromatic heterocycles. The summed E-state index contributed by atoms with van der Waals surface area (Å²) in [5, 5.41) is 9.41. The summed E-state index contributed by atoms with van der Waals surface area (Å²) in [5.41, 5.74) is 2.31. The highest BCUT2D eigenvalue weighted by atomic mass is 16.4. The number of hydrogen-bond acceptors (Lipinski definition) is 2. The second-order valence-corrected chi connectivity index (χ2v) is 5.14. The molecule has 1 heterocycles. The number of aliphatic carboxylic acids is 1.